The minimum atomic E-state index is -3.96. The number of primary sulfonamides is 1. The Morgan fingerprint density at radius 1 is 1.43 bits per heavy atom. The molecule has 1 rings (SSSR count). The van der Waals surface area contributed by atoms with Crippen LogP contribution in [0.15, 0.2) is 21.6 Å². The third-order valence-corrected chi connectivity index (χ3v) is 3.59. The molecule has 7 nitrogen and oxygen atoms in total. The molecule has 21 heavy (non-hydrogen) atoms. The lowest BCUT2D eigenvalue weighted by atomic mass is 9.90. The number of amides is 1. The molecule has 0 aromatic carbocycles. The minimum absolute atomic E-state index is 0. The predicted molar refractivity (Wildman–Crippen MR) is 81.7 cm³/mol. The standard InChI is InChI=1S/C12H21N3O4S.ClH/c1-8(2)6-12(3,7-13)15-11(16)9-4-5-10(19-9)20(14,17)18;/h4-5,8H,6-7,13H2,1-3H3,(H,15,16)(H2,14,17,18);1H. The maximum absolute atomic E-state index is 12.0. The molecule has 0 aliphatic carbocycles. The average molecular weight is 340 g/mol. The summed E-state index contributed by atoms with van der Waals surface area (Å²) in [5, 5.41) is 7.23. The lowest BCUT2D eigenvalue weighted by Crippen LogP contribution is -2.52. The number of nitrogens with one attached hydrogen (secondary N) is 1. The van der Waals surface area contributed by atoms with Gasteiger partial charge in [-0.3, -0.25) is 4.79 Å². The van der Waals surface area contributed by atoms with Crippen molar-refractivity contribution in [2.75, 3.05) is 6.54 Å². The maximum atomic E-state index is 12.0. The maximum Gasteiger partial charge on any atom is 0.287 e. The Bertz CT molecular complexity index is 585. The van der Waals surface area contributed by atoms with E-state index in [4.69, 9.17) is 15.3 Å². The molecule has 1 heterocycles. The molecule has 0 fully saturated rings. The number of nitrogens with two attached hydrogens (primary N) is 2. The van der Waals surface area contributed by atoms with Crippen molar-refractivity contribution in [3.63, 3.8) is 0 Å². The fourth-order valence-corrected chi connectivity index (χ4v) is 2.48. The predicted octanol–water partition coefficient (Wildman–Crippen LogP) is 0.842. The van der Waals surface area contributed by atoms with E-state index in [1.807, 2.05) is 20.8 Å². The van der Waals surface area contributed by atoms with Crippen LogP contribution in [-0.2, 0) is 10.0 Å². The van der Waals surface area contributed by atoms with Crippen LogP contribution in [0.3, 0.4) is 0 Å². The smallest absolute Gasteiger partial charge is 0.287 e. The van der Waals surface area contributed by atoms with E-state index in [0.29, 0.717) is 12.3 Å². The van der Waals surface area contributed by atoms with E-state index in [-0.39, 0.29) is 24.7 Å². The van der Waals surface area contributed by atoms with Crippen molar-refractivity contribution in [1.82, 2.24) is 5.32 Å². The zero-order chi connectivity index (χ0) is 15.6. The summed E-state index contributed by atoms with van der Waals surface area (Å²) in [7, 11) is -3.96. The van der Waals surface area contributed by atoms with Gasteiger partial charge in [-0.2, -0.15) is 0 Å². The van der Waals surface area contributed by atoms with Crippen LogP contribution >= 0.6 is 12.4 Å². The first-order chi connectivity index (χ1) is 9.07. The fourth-order valence-electron chi connectivity index (χ4n) is 2.02. The van der Waals surface area contributed by atoms with Gasteiger partial charge in [0.25, 0.3) is 15.9 Å². The first kappa shape index (κ1) is 19.9. The van der Waals surface area contributed by atoms with Crippen molar-refractivity contribution in [3.8, 4) is 0 Å². The van der Waals surface area contributed by atoms with Crippen LogP contribution in [0.1, 0.15) is 37.7 Å². The van der Waals surface area contributed by atoms with E-state index in [9.17, 15) is 13.2 Å². The highest BCUT2D eigenvalue weighted by molar-refractivity contribution is 7.89. The number of carbonyl (C=O) groups excluding carboxylic acids is 1. The molecule has 0 spiro atoms. The molecular weight excluding hydrogens is 318 g/mol. The molecule has 0 saturated carbocycles. The topological polar surface area (TPSA) is 128 Å². The van der Waals surface area contributed by atoms with E-state index in [2.05, 4.69) is 5.32 Å². The number of halogens is 1. The van der Waals surface area contributed by atoms with Gasteiger partial charge in [-0.25, -0.2) is 13.6 Å². The Hall–Kier alpha value is -1.09. The first-order valence-electron chi connectivity index (χ1n) is 6.22. The molecule has 1 amide bonds. The number of hydrogen-bond acceptors (Lipinski definition) is 5. The van der Waals surface area contributed by atoms with Crippen molar-refractivity contribution < 1.29 is 17.6 Å². The second-order valence-electron chi connectivity index (χ2n) is 5.48. The Balaban J connectivity index is 0.00000400. The van der Waals surface area contributed by atoms with Crippen molar-refractivity contribution in [3.05, 3.63) is 17.9 Å². The lowest BCUT2D eigenvalue weighted by molar-refractivity contribution is 0.0864. The average Bonchev–Trinajstić information content (AvgIpc) is 2.76. The van der Waals surface area contributed by atoms with Gasteiger partial charge in [0.05, 0.1) is 5.54 Å². The summed E-state index contributed by atoms with van der Waals surface area (Å²) in [6, 6.07) is 2.41. The molecule has 1 unspecified atom stereocenters. The summed E-state index contributed by atoms with van der Waals surface area (Å²) >= 11 is 0. The Labute approximate surface area is 130 Å². The zero-order valence-electron chi connectivity index (χ0n) is 12.3. The van der Waals surface area contributed by atoms with E-state index < -0.39 is 26.6 Å². The quantitative estimate of drug-likeness (QED) is 0.707. The second kappa shape index (κ2) is 7.26. The normalized spacial score (nSPS) is 14.4. The van der Waals surface area contributed by atoms with Gasteiger partial charge < -0.3 is 15.5 Å². The van der Waals surface area contributed by atoms with Gasteiger partial charge in [0.2, 0.25) is 5.09 Å². The van der Waals surface area contributed by atoms with E-state index >= 15 is 0 Å². The van der Waals surface area contributed by atoms with Gasteiger partial charge in [-0.05, 0) is 31.4 Å². The van der Waals surface area contributed by atoms with Crippen LogP contribution in [0.2, 0.25) is 0 Å². The second-order valence-corrected chi connectivity index (χ2v) is 6.97. The van der Waals surface area contributed by atoms with Crippen LogP contribution < -0.4 is 16.2 Å². The first-order valence-corrected chi connectivity index (χ1v) is 7.77. The Kier molecular flexibility index (Phi) is 6.88. The SMILES string of the molecule is CC(C)CC(C)(CN)NC(=O)c1ccc(S(N)(=O)=O)o1.Cl. The molecule has 1 atom stereocenters. The highest BCUT2D eigenvalue weighted by atomic mass is 35.5. The van der Waals surface area contributed by atoms with Crippen LogP contribution in [0, 0.1) is 5.92 Å². The van der Waals surface area contributed by atoms with Crippen LogP contribution in [0.25, 0.3) is 0 Å². The molecule has 0 aliphatic rings. The van der Waals surface area contributed by atoms with Gasteiger partial charge in [-0.15, -0.1) is 12.4 Å². The number of furan rings is 1. The van der Waals surface area contributed by atoms with Crippen LogP contribution in [0.5, 0.6) is 0 Å². The zero-order valence-corrected chi connectivity index (χ0v) is 13.9. The highest BCUT2D eigenvalue weighted by Crippen LogP contribution is 2.18. The molecule has 0 radical (unpaired) electrons. The van der Waals surface area contributed by atoms with Crippen molar-refractivity contribution in [2.24, 2.45) is 16.8 Å². The van der Waals surface area contributed by atoms with Crippen LogP contribution in [0.4, 0.5) is 0 Å². The summed E-state index contributed by atoms with van der Waals surface area (Å²) < 4.78 is 27.1. The van der Waals surface area contributed by atoms with Gasteiger partial charge in [0.1, 0.15) is 0 Å². The largest absolute Gasteiger partial charge is 0.438 e. The molecular formula is C12H22ClN3O4S. The van der Waals surface area contributed by atoms with Crippen molar-refractivity contribution in [2.45, 2.75) is 37.8 Å². The van der Waals surface area contributed by atoms with Crippen LogP contribution in [-0.4, -0.2) is 26.4 Å². The molecule has 0 saturated heterocycles. The van der Waals surface area contributed by atoms with E-state index in [1.54, 1.807) is 0 Å². The fraction of sp³-hybridized carbons (Fsp3) is 0.583. The van der Waals surface area contributed by atoms with Crippen molar-refractivity contribution in [1.29, 1.82) is 0 Å². The Morgan fingerprint density at radius 2 is 2.00 bits per heavy atom. The summed E-state index contributed by atoms with van der Waals surface area (Å²) in [4.78, 5) is 12.0. The van der Waals surface area contributed by atoms with Gasteiger partial charge in [0.15, 0.2) is 5.76 Å². The number of hydrogen-bond donors (Lipinski definition) is 3. The van der Waals surface area contributed by atoms with E-state index in [0.717, 1.165) is 6.07 Å². The summed E-state index contributed by atoms with van der Waals surface area (Å²) in [6.45, 7) is 6.13. The molecule has 0 aliphatic heterocycles. The molecule has 1 aromatic heterocycles. The summed E-state index contributed by atoms with van der Waals surface area (Å²) in [5.41, 5.74) is 5.11. The minimum Gasteiger partial charge on any atom is -0.438 e. The van der Waals surface area contributed by atoms with Gasteiger partial charge >= 0.3 is 0 Å². The highest BCUT2D eigenvalue weighted by Gasteiger charge is 2.28. The van der Waals surface area contributed by atoms with Gasteiger partial charge in [0, 0.05) is 6.54 Å². The van der Waals surface area contributed by atoms with E-state index in [1.165, 1.54) is 6.07 Å². The summed E-state index contributed by atoms with van der Waals surface area (Å²) in [5.74, 6) is -0.286. The number of carbonyl (C=O) groups is 1. The van der Waals surface area contributed by atoms with Gasteiger partial charge in [-0.1, -0.05) is 13.8 Å². The van der Waals surface area contributed by atoms with Crippen molar-refractivity contribution >= 4 is 28.3 Å². The number of sulfonamides is 1. The molecule has 1 aromatic rings. The third kappa shape index (κ3) is 5.66. The molecule has 122 valence electrons. The third-order valence-electron chi connectivity index (χ3n) is 2.81. The number of rotatable bonds is 6. The lowest BCUT2D eigenvalue weighted by Gasteiger charge is -2.30. The summed E-state index contributed by atoms with van der Waals surface area (Å²) in [6.07, 6.45) is 0.692. The monoisotopic (exact) mass is 339 g/mol. The molecule has 5 N–H and O–H groups in total. The Morgan fingerprint density at radius 3 is 2.38 bits per heavy atom. The molecule has 9 heteroatoms. The molecule has 0 bridgehead atoms.